The van der Waals surface area contributed by atoms with Gasteiger partial charge in [0, 0.05) is 17.3 Å². The Bertz CT molecular complexity index is 931. The maximum Gasteiger partial charge on any atom is 0.244 e. The highest BCUT2D eigenvalue weighted by Crippen LogP contribution is 2.29. The highest BCUT2D eigenvalue weighted by Gasteiger charge is 2.39. The van der Waals surface area contributed by atoms with Crippen LogP contribution < -0.4 is 5.32 Å². The van der Waals surface area contributed by atoms with Gasteiger partial charge in [0.2, 0.25) is 21.1 Å². The van der Waals surface area contributed by atoms with Crippen molar-refractivity contribution in [1.82, 2.24) is 14.5 Å². The molecule has 144 valence electrons. The Morgan fingerprint density at radius 2 is 2.15 bits per heavy atom. The minimum atomic E-state index is -3.78. The van der Waals surface area contributed by atoms with Gasteiger partial charge in [0.1, 0.15) is 6.04 Å². The van der Waals surface area contributed by atoms with Gasteiger partial charge in [0.15, 0.2) is 4.34 Å². The number of halogens is 1. The van der Waals surface area contributed by atoms with Crippen LogP contribution in [0.3, 0.4) is 0 Å². The first-order valence-electron chi connectivity index (χ1n) is 8.07. The molecule has 1 atom stereocenters. The number of aromatic nitrogens is 2. The molecule has 1 N–H and O–H groups in total. The molecule has 1 aliphatic rings. The summed E-state index contributed by atoms with van der Waals surface area (Å²) < 4.78 is 27.7. The summed E-state index contributed by atoms with van der Waals surface area (Å²) in [7, 11) is -3.78. The fourth-order valence-electron chi connectivity index (χ4n) is 2.67. The molecular formula is C16H17ClN4O3S3. The molecule has 0 bridgehead atoms. The molecule has 2 aromatic rings. The number of benzene rings is 1. The normalized spacial score (nSPS) is 17.7. The maximum atomic E-state index is 12.9. The van der Waals surface area contributed by atoms with Gasteiger partial charge in [-0.3, -0.25) is 10.1 Å². The molecular weight excluding hydrogens is 428 g/mol. The van der Waals surface area contributed by atoms with Crippen molar-refractivity contribution in [2.45, 2.75) is 28.1 Å². The standard InChI is InChI=1S/C16H17ClN4O3S3/c1-2-10-25-16-20-19-15(26-16)18-14(22)13-4-3-9-21(13)27(23,24)12-7-5-11(17)6-8-12/h2,5-8,13H,1,3-4,9-10H2,(H,18,19,22). The number of hydrogen-bond acceptors (Lipinski definition) is 7. The molecule has 0 aliphatic carbocycles. The van der Waals surface area contributed by atoms with Gasteiger partial charge in [0.25, 0.3) is 0 Å². The second-order valence-corrected chi connectivity index (χ2v) is 10.3. The van der Waals surface area contributed by atoms with Gasteiger partial charge in [-0.05, 0) is 37.1 Å². The number of nitrogens with one attached hydrogen (secondary N) is 1. The summed E-state index contributed by atoms with van der Waals surface area (Å²) in [4.78, 5) is 12.8. The molecule has 27 heavy (non-hydrogen) atoms. The topological polar surface area (TPSA) is 92.3 Å². The van der Waals surface area contributed by atoms with Gasteiger partial charge in [-0.25, -0.2) is 8.42 Å². The Balaban J connectivity index is 1.73. The average Bonchev–Trinajstić information content (AvgIpc) is 3.30. The van der Waals surface area contributed by atoms with Crippen molar-refractivity contribution in [2.75, 3.05) is 17.6 Å². The van der Waals surface area contributed by atoms with Crippen molar-refractivity contribution in [3.8, 4) is 0 Å². The third-order valence-electron chi connectivity index (χ3n) is 3.89. The summed E-state index contributed by atoms with van der Waals surface area (Å²) in [5.41, 5.74) is 0. The maximum absolute atomic E-state index is 12.9. The summed E-state index contributed by atoms with van der Waals surface area (Å²) in [6.45, 7) is 3.93. The summed E-state index contributed by atoms with van der Waals surface area (Å²) in [6.07, 6.45) is 2.82. The fourth-order valence-corrected chi connectivity index (χ4v) is 5.97. The van der Waals surface area contributed by atoms with E-state index in [0.717, 1.165) is 0 Å². The molecule has 1 amide bonds. The monoisotopic (exact) mass is 444 g/mol. The lowest BCUT2D eigenvalue weighted by Crippen LogP contribution is -2.43. The molecule has 7 nitrogen and oxygen atoms in total. The van der Waals surface area contributed by atoms with E-state index in [1.165, 1.54) is 51.7 Å². The highest BCUT2D eigenvalue weighted by atomic mass is 35.5. The number of thioether (sulfide) groups is 1. The summed E-state index contributed by atoms with van der Waals surface area (Å²) in [5.74, 6) is 0.291. The first-order valence-corrected chi connectivity index (χ1v) is 11.7. The molecule has 1 aromatic heterocycles. The zero-order valence-electron chi connectivity index (χ0n) is 14.2. The van der Waals surface area contributed by atoms with Crippen molar-refractivity contribution in [3.63, 3.8) is 0 Å². The molecule has 1 aromatic carbocycles. The minimum Gasteiger partial charge on any atom is -0.299 e. The lowest BCUT2D eigenvalue weighted by Gasteiger charge is -2.23. The molecule has 0 radical (unpaired) electrons. The number of hydrogen-bond donors (Lipinski definition) is 1. The van der Waals surface area contributed by atoms with Crippen LogP contribution in [0.1, 0.15) is 12.8 Å². The number of anilines is 1. The molecule has 2 heterocycles. The number of rotatable bonds is 7. The summed E-state index contributed by atoms with van der Waals surface area (Å²) in [6, 6.07) is 5.14. The van der Waals surface area contributed by atoms with Gasteiger partial charge in [-0.2, -0.15) is 4.31 Å². The van der Waals surface area contributed by atoms with Crippen LogP contribution in [0.5, 0.6) is 0 Å². The van der Waals surface area contributed by atoms with Crippen LogP contribution in [-0.4, -0.2) is 47.2 Å². The zero-order valence-corrected chi connectivity index (χ0v) is 17.4. The second kappa shape index (κ2) is 8.70. The number of sulfonamides is 1. The Morgan fingerprint density at radius 1 is 1.41 bits per heavy atom. The van der Waals surface area contributed by atoms with Crippen LogP contribution in [0, 0.1) is 0 Å². The molecule has 0 saturated carbocycles. The number of nitrogens with zero attached hydrogens (tertiary/aromatic N) is 3. The van der Waals surface area contributed by atoms with Crippen LogP contribution in [0.25, 0.3) is 0 Å². The molecule has 11 heteroatoms. The number of carbonyl (C=O) groups excluding carboxylic acids is 1. The van der Waals surface area contributed by atoms with Gasteiger partial charge >= 0.3 is 0 Å². The van der Waals surface area contributed by atoms with E-state index in [1.807, 2.05) is 0 Å². The van der Waals surface area contributed by atoms with Crippen molar-refractivity contribution < 1.29 is 13.2 Å². The number of carbonyl (C=O) groups is 1. The third-order valence-corrected chi connectivity index (χ3v) is 8.03. The predicted octanol–water partition coefficient (Wildman–Crippen LogP) is 3.26. The van der Waals surface area contributed by atoms with Crippen LogP contribution in [0.2, 0.25) is 5.02 Å². The van der Waals surface area contributed by atoms with Gasteiger partial charge in [0.05, 0.1) is 4.90 Å². The quantitative estimate of drug-likeness (QED) is 0.400. The van der Waals surface area contributed by atoms with Gasteiger partial charge in [-0.1, -0.05) is 40.8 Å². The Morgan fingerprint density at radius 3 is 2.85 bits per heavy atom. The lowest BCUT2D eigenvalue weighted by atomic mass is 10.2. The molecule has 1 saturated heterocycles. The minimum absolute atomic E-state index is 0.116. The van der Waals surface area contributed by atoms with Crippen LogP contribution in [0.4, 0.5) is 5.13 Å². The highest BCUT2D eigenvalue weighted by molar-refractivity contribution is 8.01. The Kier molecular flexibility index (Phi) is 6.53. The first-order chi connectivity index (χ1) is 12.9. The number of amides is 1. The smallest absolute Gasteiger partial charge is 0.244 e. The van der Waals surface area contributed by atoms with Crippen molar-refractivity contribution in [1.29, 1.82) is 0 Å². The van der Waals surface area contributed by atoms with E-state index in [2.05, 4.69) is 22.1 Å². The Hall–Kier alpha value is -1.46. The van der Waals surface area contributed by atoms with E-state index >= 15 is 0 Å². The van der Waals surface area contributed by atoms with Crippen molar-refractivity contribution >= 4 is 55.8 Å². The summed E-state index contributed by atoms with van der Waals surface area (Å²) >= 11 is 8.54. The molecule has 0 spiro atoms. The van der Waals surface area contributed by atoms with Gasteiger partial charge in [-0.15, -0.1) is 16.8 Å². The van der Waals surface area contributed by atoms with Gasteiger partial charge < -0.3 is 0 Å². The van der Waals surface area contributed by atoms with E-state index in [9.17, 15) is 13.2 Å². The predicted molar refractivity (Wildman–Crippen MR) is 108 cm³/mol. The van der Waals surface area contributed by atoms with E-state index in [4.69, 9.17) is 11.6 Å². The Labute approximate surface area is 170 Å². The molecule has 1 fully saturated rings. The second-order valence-electron chi connectivity index (χ2n) is 5.69. The average molecular weight is 445 g/mol. The zero-order chi connectivity index (χ0) is 19.4. The van der Waals surface area contributed by atoms with E-state index < -0.39 is 22.0 Å². The molecule has 1 aliphatic heterocycles. The fraction of sp³-hybridized carbons (Fsp3) is 0.312. The van der Waals surface area contributed by atoms with E-state index in [-0.39, 0.29) is 4.90 Å². The van der Waals surface area contributed by atoms with Crippen LogP contribution in [-0.2, 0) is 14.8 Å². The van der Waals surface area contributed by atoms with Crippen molar-refractivity contribution in [2.24, 2.45) is 0 Å². The van der Waals surface area contributed by atoms with E-state index in [1.54, 1.807) is 6.08 Å². The molecule has 1 unspecified atom stereocenters. The van der Waals surface area contributed by atoms with E-state index in [0.29, 0.717) is 39.6 Å². The summed E-state index contributed by atoms with van der Waals surface area (Å²) in [5, 5.41) is 11.4. The molecule has 3 rings (SSSR count). The van der Waals surface area contributed by atoms with Crippen molar-refractivity contribution in [3.05, 3.63) is 41.9 Å². The largest absolute Gasteiger partial charge is 0.299 e. The van der Waals surface area contributed by atoms with Crippen LogP contribution in [0.15, 0.2) is 46.2 Å². The van der Waals surface area contributed by atoms with Crippen LogP contribution >= 0.6 is 34.7 Å². The first kappa shape index (κ1) is 20.3. The third kappa shape index (κ3) is 4.69. The lowest BCUT2D eigenvalue weighted by molar-refractivity contribution is -0.119. The SMILES string of the molecule is C=CCSc1nnc(NC(=O)C2CCCN2S(=O)(=O)c2ccc(Cl)cc2)s1.